The lowest BCUT2D eigenvalue weighted by Crippen LogP contribution is -2.32. The summed E-state index contributed by atoms with van der Waals surface area (Å²) in [6.07, 6.45) is 0. The van der Waals surface area contributed by atoms with Crippen molar-refractivity contribution >= 4 is 23.0 Å². The zero-order valence-electron chi connectivity index (χ0n) is 13.0. The third-order valence-electron chi connectivity index (χ3n) is 2.62. The van der Waals surface area contributed by atoms with Crippen LogP contribution in [0, 0.1) is 0 Å². The predicted octanol–water partition coefficient (Wildman–Crippen LogP) is 2.69. The summed E-state index contributed by atoms with van der Waals surface area (Å²) in [7, 11) is 0. The SMILES string of the molecule is CCNC(=S)N/N=C(/C)c1ccc(OCC)c(OCC)c1. The Morgan fingerprint density at radius 1 is 1.14 bits per heavy atom. The second-order valence-electron chi connectivity index (χ2n) is 4.20. The molecule has 2 N–H and O–H groups in total. The van der Waals surface area contributed by atoms with Crippen molar-refractivity contribution in [3.05, 3.63) is 23.8 Å². The van der Waals surface area contributed by atoms with Crippen LogP contribution in [-0.4, -0.2) is 30.6 Å². The van der Waals surface area contributed by atoms with Crippen molar-refractivity contribution in [2.45, 2.75) is 27.7 Å². The predicted molar refractivity (Wildman–Crippen MR) is 90.4 cm³/mol. The molecule has 6 heteroatoms. The molecule has 0 bridgehead atoms. The first-order valence-electron chi connectivity index (χ1n) is 7.10. The van der Waals surface area contributed by atoms with Crippen molar-refractivity contribution in [3.8, 4) is 11.5 Å². The summed E-state index contributed by atoms with van der Waals surface area (Å²) in [5.41, 5.74) is 4.58. The minimum atomic E-state index is 0.507. The molecule has 0 aliphatic heterocycles. The summed E-state index contributed by atoms with van der Waals surface area (Å²) in [5, 5.41) is 7.74. The number of thiocarbonyl (C=S) groups is 1. The lowest BCUT2D eigenvalue weighted by Gasteiger charge is -2.12. The van der Waals surface area contributed by atoms with E-state index < -0.39 is 0 Å². The van der Waals surface area contributed by atoms with Crippen molar-refractivity contribution < 1.29 is 9.47 Å². The van der Waals surface area contributed by atoms with Crippen LogP contribution in [0.25, 0.3) is 0 Å². The molecule has 0 atom stereocenters. The van der Waals surface area contributed by atoms with E-state index in [1.165, 1.54) is 0 Å². The van der Waals surface area contributed by atoms with E-state index in [1.807, 2.05) is 45.9 Å². The molecule has 1 rings (SSSR count). The van der Waals surface area contributed by atoms with Crippen molar-refractivity contribution in [2.24, 2.45) is 5.10 Å². The maximum Gasteiger partial charge on any atom is 0.186 e. The molecule has 0 fully saturated rings. The Bertz CT molecular complexity index is 504. The van der Waals surface area contributed by atoms with Gasteiger partial charge in [0.2, 0.25) is 0 Å². The molecule has 0 saturated heterocycles. The first-order valence-corrected chi connectivity index (χ1v) is 7.51. The van der Waals surface area contributed by atoms with Crippen LogP contribution in [0.2, 0.25) is 0 Å². The number of ether oxygens (including phenoxy) is 2. The summed E-state index contributed by atoms with van der Waals surface area (Å²) >= 11 is 5.07. The molecule has 21 heavy (non-hydrogen) atoms. The van der Waals surface area contributed by atoms with Crippen LogP contribution in [0.3, 0.4) is 0 Å². The average Bonchev–Trinajstić information content (AvgIpc) is 2.47. The fraction of sp³-hybridized carbons (Fsp3) is 0.467. The summed E-state index contributed by atoms with van der Waals surface area (Å²) in [5.74, 6) is 1.47. The first-order chi connectivity index (χ1) is 10.1. The lowest BCUT2D eigenvalue weighted by molar-refractivity contribution is 0.287. The highest BCUT2D eigenvalue weighted by molar-refractivity contribution is 7.80. The van der Waals surface area contributed by atoms with Crippen molar-refractivity contribution in [3.63, 3.8) is 0 Å². The molecule has 0 heterocycles. The molecule has 1 aromatic carbocycles. The molecular weight excluding hydrogens is 286 g/mol. The first kappa shape index (κ1) is 17.2. The van der Waals surface area contributed by atoms with E-state index in [1.54, 1.807) is 0 Å². The standard InChI is InChI=1S/C15H23N3O2S/c1-5-16-15(21)18-17-11(4)12-8-9-13(19-6-2)14(10-12)20-7-3/h8-10H,5-7H2,1-4H3,(H2,16,18,21)/b17-11-. The van der Waals surface area contributed by atoms with E-state index in [9.17, 15) is 0 Å². The van der Waals surface area contributed by atoms with E-state index >= 15 is 0 Å². The van der Waals surface area contributed by atoms with Crippen LogP contribution >= 0.6 is 12.2 Å². The Morgan fingerprint density at radius 3 is 2.43 bits per heavy atom. The number of benzene rings is 1. The maximum absolute atomic E-state index is 5.61. The monoisotopic (exact) mass is 309 g/mol. The quantitative estimate of drug-likeness (QED) is 0.461. The molecule has 5 nitrogen and oxygen atoms in total. The van der Waals surface area contributed by atoms with Crippen LogP contribution in [-0.2, 0) is 0 Å². The van der Waals surface area contributed by atoms with Crippen LogP contribution in [0.15, 0.2) is 23.3 Å². The third kappa shape index (κ3) is 5.59. The molecule has 0 aliphatic carbocycles. The zero-order chi connectivity index (χ0) is 15.7. The van der Waals surface area contributed by atoms with Gasteiger partial charge in [0.25, 0.3) is 0 Å². The fourth-order valence-corrected chi connectivity index (χ4v) is 1.87. The normalized spacial score (nSPS) is 11.0. The molecule has 116 valence electrons. The number of rotatable bonds is 7. The fourth-order valence-electron chi connectivity index (χ4n) is 1.68. The van der Waals surface area contributed by atoms with Gasteiger partial charge in [0, 0.05) is 12.1 Å². The molecule has 0 aliphatic rings. The number of nitrogens with one attached hydrogen (secondary N) is 2. The Balaban J connectivity index is 2.88. The molecular formula is C15H23N3O2S. The summed E-state index contributed by atoms with van der Waals surface area (Å²) < 4.78 is 11.1. The molecule has 1 aromatic rings. The highest BCUT2D eigenvalue weighted by atomic mass is 32.1. The summed E-state index contributed by atoms with van der Waals surface area (Å²) in [4.78, 5) is 0. The molecule has 0 spiro atoms. The van der Waals surface area contributed by atoms with Gasteiger partial charge in [0.05, 0.1) is 18.9 Å². The van der Waals surface area contributed by atoms with E-state index in [0.29, 0.717) is 18.3 Å². The Hall–Kier alpha value is -1.82. The molecule has 0 saturated carbocycles. The van der Waals surface area contributed by atoms with Gasteiger partial charge in [0.1, 0.15) is 0 Å². The smallest absolute Gasteiger partial charge is 0.186 e. The third-order valence-corrected chi connectivity index (χ3v) is 2.86. The molecule has 0 amide bonds. The Morgan fingerprint density at radius 2 is 1.81 bits per heavy atom. The minimum absolute atomic E-state index is 0.507. The summed E-state index contributed by atoms with van der Waals surface area (Å²) in [6.45, 7) is 9.73. The van der Waals surface area contributed by atoms with Crippen molar-refractivity contribution in [1.29, 1.82) is 0 Å². The van der Waals surface area contributed by atoms with E-state index in [2.05, 4.69) is 15.8 Å². The van der Waals surface area contributed by atoms with Crippen LogP contribution < -0.4 is 20.2 Å². The maximum atomic E-state index is 5.61. The lowest BCUT2D eigenvalue weighted by atomic mass is 10.1. The van der Waals surface area contributed by atoms with Crippen LogP contribution in [0.5, 0.6) is 11.5 Å². The highest BCUT2D eigenvalue weighted by Crippen LogP contribution is 2.28. The molecule has 0 aromatic heterocycles. The van der Waals surface area contributed by atoms with Gasteiger partial charge in [-0.15, -0.1) is 0 Å². The average molecular weight is 309 g/mol. The second kappa shape index (κ2) is 9.18. The Kier molecular flexibility index (Phi) is 7.53. The number of hydrogen-bond donors (Lipinski definition) is 2. The number of hydrazone groups is 1. The zero-order valence-corrected chi connectivity index (χ0v) is 13.8. The molecule has 0 unspecified atom stereocenters. The van der Waals surface area contributed by atoms with Gasteiger partial charge < -0.3 is 14.8 Å². The van der Waals surface area contributed by atoms with Crippen molar-refractivity contribution in [1.82, 2.24) is 10.7 Å². The van der Waals surface area contributed by atoms with E-state index in [0.717, 1.165) is 29.3 Å². The largest absolute Gasteiger partial charge is 0.490 e. The van der Waals surface area contributed by atoms with Gasteiger partial charge in [-0.05, 0) is 58.1 Å². The number of nitrogens with zero attached hydrogens (tertiary/aromatic N) is 1. The summed E-state index contributed by atoms with van der Waals surface area (Å²) in [6, 6.07) is 5.76. The topological polar surface area (TPSA) is 54.9 Å². The highest BCUT2D eigenvalue weighted by Gasteiger charge is 2.08. The van der Waals surface area contributed by atoms with Crippen LogP contribution in [0.4, 0.5) is 0 Å². The minimum Gasteiger partial charge on any atom is -0.490 e. The second-order valence-corrected chi connectivity index (χ2v) is 4.60. The van der Waals surface area contributed by atoms with Crippen LogP contribution in [0.1, 0.15) is 33.3 Å². The van der Waals surface area contributed by atoms with Gasteiger partial charge >= 0.3 is 0 Å². The van der Waals surface area contributed by atoms with E-state index in [4.69, 9.17) is 21.7 Å². The van der Waals surface area contributed by atoms with Gasteiger partial charge in [0.15, 0.2) is 16.6 Å². The Labute approximate surface area is 131 Å². The van der Waals surface area contributed by atoms with Crippen molar-refractivity contribution in [2.75, 3.05) is 19.8 Å². The van der Waals surface area contributed by atoms with Gasteiger partial charge in [-0.25, -0.2) is 0 Å². The van der Waals surface area contributed by atoms with Gasteiger partial charge in [-0.1, -0.05) is 0 Å². The van der Waals surface area contributed by atoms with Gasteiger partial charge in [-0.3, -0.25) is 5.43 Å². The number of hydrogen-bond acceptors (Lipinski definition) is 4. The molecule has 0 radical (unpaired) electrons. The van der Waals surface area contributed by atoms with Gasteiger partial charge in [-0.2, -0.15) is 5.10 Å². The van der Waals surface area contributed by atoms with E-state index in [-0.39, 0.29) is 0 Å².